The van der Waals surface area contributed by atoms with Crippen molar-refractivity contribution in [3.63, 3.8) is 0 Å². The van der Waals surface area contributed by atoms with Gasteiger partial charge in [0.1, 0.15) is 0 Å². The Morgan fingerprint density at radius 2 is 1.82 bits per heavy atom. The summed E-state index contributed by atoms with van der Waals surface area (Å²) >= 11 is 0. The first-order valence-corrected chi connectivity index (χ1v) is 9.98. The first-order valence-electron chi connectivity index (χ1n) is 9.98. The van der Waals surface area contributed by atoms with Gasteiger partial charge >= 0.3 is 0 Å². The molecule has 1 aliphatic heterocycles. The van der Waals surface area contributed by atoms with Crippen LogP contribution in [-0.2, 0) is 11.3 Å². The van der Waals surface area contributed by atoms with Crippen molar-refractivity contribution in [3.05, 3.63) is 59.7 Å². The Hall–Kier alpha value is -2.66. The van der Waals surface area contributed by atoms with Gasteiger partial charge < -0.3 is 11.1 Å². The first kappa shape index (κ1) is 20.1. The van der Waals surface area contributed by atoms with Crippen molar-refractivity contribution < 1.29 is 9.59 Å². The highest BCUT2D eigenvalue weighted by Gasteiger charge is 2.20. The molecule has 0 atom stereocenters. The number of Topliss-reactive ketones (excluding diaryl/α,β-unsaturated/α-hetero) is 1. The lowest BCUT2D eigenvalue weighted by Gasteiger charge is -2.32. The number of carbonyl (C=O) groups is 2. The van der Waals surface area contributed by atoms with Crippen molar-refractivity contribution >= 4 is 23.1 Å². The molecule has 0 aliphatic carbocycles. The number of nitrogen functional groups attached to an aromatic ring is 1. The minimum atomic E-state index is -0.176. The van der Waals surface area contributed by atoms with E-state index in [1.54, 1.807) is 18.2 Å². The van der Waals surface area contributed by atoms with Gasteiger partial charge in [-0.05, 0) is 62.0 Å². The van der Waals surface area contributed by atoms with Gasteiger partial charge in [-0.25, -0.2) is 0 Å². The zero-order chi connectivity index (χ0) is 19.9. The summed E-state index contributed by atoms with van der Waals surface area (Å²) in [6.07, 6.45) is 3.75. The normalized spacial score (nSPS) is 15.3. The van der Waals surface area contributed by atoms with Gasteiger partial charge in [-0.1, -0.05) is 30.3 Å². The largest absolute Gasteiger partial charge is 0.397 e. The maximum atomic E-state index is 12.5. The number of rotatable bonds is 7. The summed E-state index contributed by atoms with van der Waals surface area (Å²) in [6.45, 7) is 4.62. The van der Waals surface area contributed by atoms with Crippen LogP contribution < -0.4 is 11.1 Å². The molecule has 5 nitrogen and oxygen atoms in total. The number of benzene rings is 2. The number of nitrogens with zero attached hydrogens (tertiary/aromatic N) is 1. The van der Waals surface area contributed by atoms with E-state index in [1.165, 1.54) is 12.5 Å². The zero-order valence-electron chi connectivity index (χ0n) is 16.5. The van der Waals surface area contributed by atoms with Crippen molar-refractivity contribution in [3.8, 4) is 0 Å². The monoisotopic (exact) mass is 379 g/mol. The molecule has 1 amide bonds. The Kier molecular flexibility index (Phi) is 6.82. The number of amides is 1. The minimum absolute atomic E-state index is 0.118. The van der Waals surface area contributed by atoms with E-state index in [9.17, 15) is 9.59 Å². The van der Waals surface area contributed by atoms with Gasteiger partial charge in [-0.2, -0.15) is 0 Å². The summed E-state index contributed by atoms with van der Waals surface area (Å²) in [7, 11) is 0. The maximum Gasteiger partial charge on any atom is 0.221 e. The smallest absolute Gasteiger partial charge is 0.221 e. The summed E-state index contributed by atoms with van der Waals surface area (Å²) in [5, 5.41) is 2.66. The van der Waals surface area contributed by atoms with Gasteiger partial charge in [-0.3, -0.25) is 14.5 Å². The number of ketones is 1. The molecule has 0 bridgehead atoms. The SMILES string of the molecule is CC(=O)Nc1ccc(C(=O)CCC2CCN(Cc3ccccc3)CC2)cc1N. The van der Waals surface area contributed by atoms with Crippen molar-refractivity contribution in [1.82, 2.24) is 4.90 Å². The molecule has 3 rings (SSSR count). The Morgan fingerprint density at radius 3 is 2.46 bits per heavy atom. The quantitative estimate of drug-likeness (QED) is 0.561. The Morgan fingerprint density at radius 1 is 1.11 bits per heavy atom. The van der Waals surface area contributed by atoms with Crippen molar-refractivity contribution in [2.45, 2.75) is 39.2 Å². The van der Waals surface area contributed by atoms with Gasteiger partial charge in [0.2, 0.25) is 5.91 Å². The Balaban J connectivity index is 1.44. The molecule has 2 aromatic carbocycles. The summed E-state index contributed by atoms with van der Waals surface area (Å²) < 4.78 is 0. The second kappa shape index (κ2) is 9.51. The van der Waals surface area contributed by atoms with Crippen LogP contribution in [0.15, 0.2) is 48.5 Å². The van der Waals surface area contributed by atoms with Gasteiger partial charge in [0.05, 0.1) is 11.4 Å². The molecule has 1 saturated heterocycles. The molecule has 28 heavy (non-hydrogen) atoms. The van der Waals surface area contributed by atoms with Gasteiger partial charge in [0.15, 0.2) is 5.78 Å². The zero-order valence-corrected chi connectivity index (χ0v) is 16.5. The number of nitrogens with one attached hydrogen (secondary N) is 1. The molecule has 0 saturated carbocycles. The molecular formula is C23H29N3O2. The fraction of sp³-hybridized carbons (Fsp3) is 0.391. The number of carbonyl (C=O) groups excluding carboxylic acids is 2. The lowest BCUT2D eigenvalue weighted by molar-refractivity contribution is -0.114. The first-order chi connectivity index (χ1) is 13.5. The van der Waals surface area contributed by atoms with Crippen LogP contribution in [0.3, 0.4) is 0 Å². The number of hydrogen-bond donors (Lipinski definition) is 2. The fourth-order valence-electron chi connectivity index (χ4n) is 3.79. The highest BCUT2D eigenvalue weighted by atomic mass is 16.1. The van der Waals surface area contributed by atoms with Crippen LogP contribution in [0.5, 0.6) is 0 Å². The molecule has 0 spiro atoms. The van der Waals surface area contributed by atoms with E-state index < -0.39 is 0 Å². The molecule has 1 heterocycles. The van der Waals surface area contributed by atoms with E-state index in [2.05, 4.69) is 34.5 Å². The molecule has 2 aromatic rings. The molecule has 0 radical (unpaired) electrons. The molecule has 3 N–H and O–H groups in total. The van der Waals surface area contributed by atoms with Gasteiger partial charge in [0, 0.05) is 25.5 Å². The van der Waals surface area contributed by atoms with Crippen molar-refractivity contribution in [2.75, 3.05) is 24.1 Å². The minimum Gasteiger partial charge on any atom is -0.397 e. The third-order valence-corrected chi connectivity index (χ3v) is 5.42. The average Bonchev–Trinajstić information content (AvgIpc) is 2.69. The van der Waals surface area contributed by atoms with E-state index in [-0.39, 0.29) is 11.7 Å². The fourth-order valence-corrected chi connectivity index (χ4v) is 3.79. The lowest BCUT2D eigenvalue weighted by Crippen LogP contribution is -2.33. The number of anilines is 2. The van der Waals surface area contributed by atoms with E-state index in [4.69, 9.17) is 5.73 Å². The number of nitrogens with two attached hydrogens (primary N) is 1. The Bertz CT molecular complexity index is 812. The van der Waals surface area contributed by atoms with Crippen LogP contribution in [-0.4, -0.2) is 29.7 Å². The topological polar surface area (TPSA) is 75.4 Å². The van der Waals surface area contributed by atoms with E-state index in [0.29, 0.717) is 29.3 Å². The molecule has 0 aromatic heterocycles. The van der Waals surface area contributed by atoms with Crippen LogP contribution in [0.4, 0.5) is 11.4 Å². The predicted molar refractivity (Wildman–Crippen MR) is 113 cm³/mol. The number of piperidine rings is 1. The number of hydrogen-bond acceptors (Lipinski definition) is 4. The van der Waals surface area contributed by atoms with Crippen LogP contribution >= 0.6 is 0 Å². The van der Waals surface area contributed by atoms with E-state index >= 15 is 0 Å². The van der Waals surface area contributed by atoms with Crippen molar-refractivity contribution in [2.24, 2.45) is 5.92 Å². The molecule has 1 aliphatic rings. The highest BCUT2D eigenvalue weighted by Crippen LogP contribution is 2.25. The summed E-state index contributed by atoms with van der Waals surface area (Å²) in [5.41, 5.74) is 8.91. The van der Waals surface area contributed by atoms with E-state index in [0.717, 1.165) is 38.9 Å². The van der Waals surface area contributed by atoms with Crippen LogP contribution in [0, 0.1) is 5.92 Å². The third-order valence-electron chi connectivity index (χ3n) is 5.42. The molecule has 148 valence electrons. The summed E-state index contributed by atoms with van der Waals surface area (Å²) in [5.74, 6) is 0.546. The third kappa shape index (κ3) is 5.67. The summed E-state index contributed by atoms with van der Waals surface area (Å²) in [6, 6.07) is 15.7. The maximum absolute atomic E-state index is 12.5. The highest BCUT2D eigenvalue weighted by molar-refractivity contribution is 5.99. The molecular weight excluding hydrogens is 350 g/mol. The summed E-state index contributed by atoms with van der Waals surface area (Å²) in [4.78, 5) is 26.2. The molecule has 1 fully saturated rings. The second-order valence-electron chi connectivity index (χ2n) is 7.65. The standard InChI is InChI=1S/C23H29N3O2/c1-17(27)25-22-9-8-20(15-21(22)24)23(28)10-7-18-11-13-26(14-12-18)16-19-5-3-2-4-6-19/h2-6,8-9,15,18H,7,10-14,16,24H2,1H3,(H,25,27). The number of likely N-dealkylation sites (tertiary alicyclic amines) is 1. The second-order valence-corrected chi connectivity index (χ2v) is 7.65. The van der Waals surface area contributed by atoms with Crippen LogP contribution in [0.2, 0.25) is 0 Å². The lowest BCUT2D eigenvalue weighted by atomic mass is 9.90. The average molecular weight is 380 g/mol. The predicted octanol–water partition coefficient (Wildman–Crippen LogP) is 4.10. The van der Waals surface area contributed by atoms with Crippen LogP contribution in [0.1, 0.15) is 48.5 Å². The molecule has 5 heteroatoms. The Labute approximate surface area is 166 Å². The molecule has 0 unspecified atom stereocenters. The van der Waals surface area contributed by atoms with Gasteiger partial charge in [-0.15, -0.1) is 0 Å². The van der Waals surface area contributed by atoms with Crippen LogP contribution in [0.25, 0.3) is 0 Å². The van der Waals surface area contributed by atoms with Crippen molar-refractivity contribution in [1.29, 1.82) is 0 Å². The van der Waals surface area contributed by atoms with E-state index in [1.807, 2.05) is 6.07 Å². The van der Waals surface area contributed by atoms with Gasteiger partial charge in [0.25, 0.3) is 0 Å².